The Bertz CT molecular complexity index is 504. The zero-order chi connectivity index (χ0) is 12.7. The summed E-state index contributed by atoms with van der Waals surface area (Å²) in [6.07, 6.45) is 3.68. The Hall–Kier alpha value is -0.300. The Morgan fingerprint density at radius 1 is 1.59 bits per heavy atom. The van der Waals surface area contributed by atoms with Crippen LogP contribution < -0.4 is 4.72 Å². The van der Waals surface area contributed by atoms with E-state index in [-0.39, 0.29) is 10.9 Å². The molecule has 0 atom stereocenters. The van der Waals surface area contributed by atoms with Crippen LogP contribution in [0.2, 0.25) is 0 Å². The summed E-state index contributed by atoms with van der Waals surface area (Å²) in [5.74, 6) is 0. The lowest BCUT2D eigenvalue weighted by Crippen LogP contribution is -2.49. The minimum absolute atomic E-state index is 0.168. The molecule has 0 bridgehead atoms. The van der Waals surface area contributed by atoms with Crippen molar-refractivity contribution < 1.29 is 8.42 Å². The van der Waals surface area contributed by atoms with Crippen molar-refractivity contribution in [1.82, 2.24) is 14.5 Å². The van der Waals surface area contributed by atoms with Crippen LogP contribution in [0.3, 0.4) is 0 Å². The summed E-state index contributed by atoms with van der Waals surface area (Å²) in [4.78, 5) is 0.168. The molecule has 0 aromatic carbocycles. The fourth-order valence-corrected chi connectivity index (χ4v) is 3.62. The van der Waals surface area contributed by atoms with Crippen LogP contribution in [0, 0.1) is 0 Å². The van der Waals surface area contributed by atoms with Crippen molar-refractivity contribution in [3.05, 3.63) is 12.4 Å². The number of hydrogen-bond acceptors (Lipinski definition) is 3. The number of sulfonamides is 1. The number of rotatable bonds is 4. The van der Waals surface area contributed by atoms with Crippen LogP contribution in [0.5, 0.6) is 0 Å². The smallest absolute Gasteiger partial charge is 0.243 e. The number of nitrogens with zero attached hydrogens (tertiary/aromatic N) is 2. The van der Waals surface area contributed by atoms with E-state index in [4.69, 9.17) is 23.2 Å². The van der Waals surface area contributed by atoms with Gasteiger partial charge < -0.3 is 0 Å². The molecule has 0 saturated heterocycles. The van der Waals surface area contributed by atoms with E-state index < -0.39 is 14.4 Å². The topological polar surface area (TPSA) is 64.0 Å². The van der Waals surface area contributed by atoms with Crippen LogP contribution >= 0.6 is 23.2 Å². The first-order valence-corrected chi connectivity index (χ1v) is 7.49. The lowest BCUT2D eigenvalue weighted by atomic mass is 9.93. The van der Waals surface area contributed by atoms with Crippen molar-refractivity contribution in [3.8, 4) is 0 Å². The van der Waals surface area contributed by atoms with Crippen LogP contribution in [-0.2, 0) is 16.6 Å². The fourth-order valence-electron chi connectivity index (χ4n) is 1.69. The van der Waals surface area contributed by atoms with E-state index in [0.717, 1.165) is 0 Å². The van der Waals surface area contributed by atoms with Crippen molar-refractivity contribution in [1.29, 1.82) is 0 Å². The van der Waals surface area contributed by atoms with Crippen molar-refractivity contribution in [2.24, 2.45) is 0 Å². The second-order valence-corrected chi connectivity index (χ2v) is 7.47. The highest BCUT2D eigenvalue weighted by Gasteiger charge is 2.43. The van der Waals surface area contributed by atoms with Gasteiger partial charge in [-0.3, -0.25) is 4.68 Å². The average molecular weight is 298 g/mol. The van der Waals surface area contributed by atoms with Gasteiger partial charge in [0.25, 0.3) is 0 Å². The molecule has 96 valence electrons. The third kappa shape index (κ3) is 2.93. The number of aryl methyl sites for hydroxylation is 1. The zero-order valence-corrected chi connectivity index (χ0v) is 11.6. The molecular weight excluding hydrogens is 285 g/mol. The predicted molar refractivity (Wildman–Crippen MR) is 65.7 cm³/mol. The highest BCUT2D eigenvalue weighted by Crippen LogP contribution is 2.42. The van der Waals surface area contributed by atoms with Gasteiger partial charge in [-0.2, -0.15) is 5.10 Å². The second kappa shape index (κ2) is 4.42. The largest absolute Gasteiger partial charge is 0.272 e. The highest BCUT2D eigenvalue weighted by molar-refractivity contribution is 7.89. The maximum Gasteiger partial charge on any atom is 0.243 e. The Balaban J connectivity index is 2.04. The number of nitrogens with one attached hydrogen (secondary N) is 1. The molecule has 1 fully saturated rings. The van der Waals surface area contributed by atoms with Gasteiger partial charge in [0.2, 0.25) is 10.0 Å². The minimum Gasteiger partial charge on any atom is -0.272 e. The number of halogens is 2. The summed E-state index contributed by atoms with van der Waals surface area (Å²) in [7, 11) is -3.51. The van der Waals surface area contributed by atoms with Crippen molar-refractivity contribution in [3.63, 3.8) is 0 Å². The molecule has 1 saturated carbocycles. The SMILES string of the molecule is CCn1cc(S(=O)(=O)NC2CC(Cl)(Cl)C2)cn1. The summed E-state index contributed by atoms with van der Waals surface area (Å²) < 4.78 is 27.2. The molecule has 0 amide bonds. The lowest BCUT2D eigenvalue weighted by Gasteiger charge is -2.37. The van der Waals surface area contributed by atoms with Crippen LogP contribution in [0.15, 0.2) is 17.3 Å². The van der Waals surface area contributed by atoms with Gasteiger partial charge in [-0.05, 0) is 19.8 Å². The van der Waals surface area contributed by atoms with Crippen molar-refractivity contribution in [2.75, 3.05) is 0 Å². The molecular formula is C9H13Cl2N3O2S. The van der Waals surface area contributed by atoms with Crippen molar-refractivity contribution in [2.45, 2.75) is 41.6 Å². The lowest BCUT2D eigenvalue weighted by molar-refractivity contribution is 0.359. The Labute approximate surface area is 110 Å². The Morgan fingerprint density at radius 3 is 2.71 bits per heavy atom. The standard InChI is InChI=1S/C9H13Cl2N3O2S/c1-2-14-6-8(5-12-14)17(15,16)13-7-3-9(10,11)4-7/h5-7,13H,2-4H2,1H3. The van der Waals surface area contributed by atoms with Crippen LogP contribution in [0.1, 0.15) is 19.8 Å². The van der Waals surface area contributed by atoms with E-state index in [1.807, 2.05) is 6.92 Å². The third-order valence-corrected chi connectivity index (χ3v) is 4.75. The van der Waals surface area contributed by atoms with E-state index in [1.165, 1.54) is 12.4 Å². The molecule has 5 nitrogen and oxygen atoms in total. The first-order chi connectivity index (χ1) is 7.82. The monoisotopic (exact) mass is 297 g/mol. The summed E-state index contributed by atoms with van der Waals surface area (Å²) >= 11 is 11.6. The van der Waals surface area contributed by atoms with Crippen molar-refractivity contribution >= 4 is 33.2 Å². The highest BCUT2D eigenvalue weighted by atomic mass is 35.5. The average Bonchev–Trinajstić information content (AvgIpc) is 2.62. The Morgan fingerprint density at radius 2 is 2.24 bits per heavy atom. The van der Waals surface area contributed by atoms with Gasteiger partial charge in [0.15, 0.2) is 0 Å². The van der Waals surface area contributed by atoms with Crippen LogP contribution in [0.25, 0.3) is 0 Å². The van der Waals surface area contributed by atoms with Gasteiger partial charge in [0.05, 0.1) is 6.20 Å². The molecule has 1 N–H and O–H groups in total. The molecule has 2 rings (SSSR count). The molecule has 0 aliphatic heterocycles. The molecule has 1 aromatic heterocycles. The van der Waals surface area contributed by atoms with Gasteiger partial charge in [0, 0.05) is 18.8 Å². The first-order valence-electron chi connectivity index (χ1n) is 5.25. The van der Waals surface area contributed by atoms with Gasteiger partial charge in [0.1, 0.15) is 9.23 Å². The third-order valence-electron chi connectivity index (χ3n) is 2.66. The Kier molecular flexibility index (Phi) is 3.42. The molecule has 0 radical (unpaired) electrons. The molecule has 1 heterocycles. The second-order valence-electron chi connectivity index (χ2n) is 4.11. The maximum absolute atomic E-state index is 11.9. The predicted octanol–water partition coefficient (Wildman–Crippen LogP) is 1.52. The molecule has 1 aliphatic carbocycles. The van der Waals surface area contributed by atoms with Gasteiger partial charge in [-0.1, -0.05) is 0 Å². The summed E-state index contributed by atoms with van der Waals surface area (Å²) in [5.41, 5.74) is 0. The molecule has 17 heavy (non-hydrogen) atoms. The molecule has 0 spiro atoms. The first kappa shape index (κ1) is 13.1. The van der Waals surface area contributed by atoms with Gasteiger partial charge in [-0.25, -0.2) is 13.1 Å². The van der Waals surface area contributed by atoms with E-state index in [0.29, 0.717) is 19.4 Å². The quantitative estimate of drug-likeness (QED) is 0.857. The van der Waals surface area contributed by atoms with Crippen LogP contribution in [-0.4, -0.2) is 28.6 Å². The normalized spacial score (nSPS) is 20.2. The van der Waals surface area contributed by atoms with E-state index >= 15 is 0 Å². The number of hydrogen-bond donors (Lipinski definition) is 1. The summed E-state index contributed by atoms with van der Waals surface area (Å²) in [5, 5.41) is 3.93. The van der Waals surface area contributed by atoms with E-state index in [9.17, 15) is 8.42 Å². The number of alkyl halides is 2. The molecule has 1 aromatic rings. The molecule has 8 heteroatoms. The zero-order valence-electron chi connectivity index (χ0n) is 9.23. The van der Waals surface area contributed by atoms with Gasteiger partial charge >= 0.3 is 0 Å². The summed E-state index contributed by atoms with van der Waals surface area (Å²) in [6, 6.07) is -0.194. The van der Waals surface area contributed by atoms with Gasteiger partial charge in [-0.15, -0.1) is 23.2 Å². The van der Waals surface area contributed by atoms with Crippen LogP contribution in [0.4, 0.5) is 0 Å². The maximum atomic E-state index is 11.9. The summed E-state index contributed by atoms with van der Waals surface area (Å²) in [6.45, 7) is 2.52. The van der Waals surface area contributed by atoms with E-state index in [1.54, 1.807) is 4.68 Å². The molecule has 0 unspecified atom stereocenters. The molecule has 1 aliphatic rings. The minimum atomic E-state index is -3.51. The number of aromatic nitrogens is 2. The van der Waals surface area contributed by atoms with E-state index in [2.05, 4.69) is 9.82 Å². The fraction of sp³-hybridized carbons (Fsp3) is 0.667.